The van der Waals surface area contributed by atoms with Crippen LogP contribution in [0.5, 0.6) is 0 Å². The first-order chi connectivity index (χ1) is 8.90. The number of nitrogens with two attached hydrogens (primary N) is 1. The van der Waals surface area contributed by atoms with Crippen LogP contribution in [-0.2, 0) is 21.9 Å². The van der Waals surface area contributed by atoms with E-state index in [0.717, 1.165) is 12.8 Å². The summed E-state index contributed by atoms with van der Waals surface area (Å²) in [6.45, 7) is 0.0332. The SMILES string of the molecule is Cn1cnc(N)c1S(=O)(=O)NCCC(=O)NC1CC1. The van der Waals surface area contributed by atoms with Gasteiger partial charge in [-0.05, 0) is 12.8 Å². The molecule has 0 saturated heterocycles. The van der Waals surface area contributed by atoms with E-state index in [-0.39, 0.29) is 35.8 Å². The lowest BCUT2D eigenvalue weighted by atomic mass is 10.4. The normalized spacial score (nSPS) is 15.4. The maximum absolute atomic E-state index is 12.0. The molecule has 9 heteroatoms. The van der Waals surface area contributed by atoms with Crippen molar-refractivity contribution in [3.05, 3.63) is 6.33 Å². The third kappa shape index (κ3) is 3.44. The number of carbonyl (C=O) groups is 1. The lowest BCUT2D eigenvalue weighted by Gasteiger charge is -2.08. The smallest absolute Gasteiger partial charge is 0.260 e. The summed E-state index contributed by atoms with van der Waals surface area (Å²) in [6.07, 6.45) is 3.43. The zero-order valence-electron chi connectivity index (χ0n) is 10.6. The van der Waals surface area contributed by atoms with Crippen molar-refractivity contribution in [2.75, 3.05) is 12.3 Å². The van der Waals surface area contributed by atoms with E-state index in [1.165, 1.54) is 17.9 Å². The van der Waals surface area contributed by atoms with Crippen molar-refractivity contribution in [1.29, 1.82) is 0 Å². The van der Waals surface area contributed by atoms with Crippen molar-refractivity contribution in [3.63, 3.8) is 0 Å². The number of anilines is 1. The van der Waals surface area contributed by atoms with Crippen LogP contribution in [0, 0.1) is 0 Å². The summed E-state index contributed by atoms with van der Waals surface area (Å²) in [4.78, 5) is 15.1. The van der Waals surface area contributed by atoms with Crippen molar-refractivity contribution in [3.8, 4) is 0 Å². The largest absolute Gasteiger partial charge is 0.381 e. The van der Waals surface area contributed by atoms with Crippen LogP contribution in [-0.4, -0.2) is 36.5 Å². The molecule has 1 amide bonds. The Morgan fingerprint density at radius 2 is 2.26 bits per heavy atom. The highest BCUT2D eigenvalue weighted by molar-refractivity contribution is 7.89. The number of aromatic nitrogens is 2. The third-order valence-corrected chi connectivity index (χ3v) is 4.34. The highest BCUT2D eigenvalue weighted by Gasteiger charge is 2.24. The summed E-state index contributed by atoms with van der Waals surface area (Å²) < 4.78 is 27.6. The zero-order chi connectivity index (χ0) is 14.0. The number of carbonyl (C=O) groups excluding carboxylic acids is 1. The molecule has 2 rings (SSSR count). The van der Waals surface area contributed by atoms with Gasteiger partial charge in [-0.25, -0.2) is 18.1 Å². The summed E-state index contributed by atoms with van der Waals surface area (Å²) in [7, 11) is -2.20. The van der Waals surface area contributed by atoms with Crippen LogP contribution in [0.1, 0.15) is 19.3 Å². The van der Waals surface area contributed by atoms with Gasteiger partial charge in [-0.3, -0.25) is 4.79 Å². The average Bonchev–Trinajstić information content (AvgIpc) is 3.03. The first-order valence-electron chi connectivity index (χ1n) is 5.96. The minimum atomic E-state index is -3.74. The second kappa shape index (κ2) is 5.17. The van der Waals surface area contributed by atoms with E-state index in [0.29, 0.717) is 0 Å². The third-order valence-electron chi connectivity index (χ3n) is 2.75. The van der Waals surface area contributed by atoms with Crippen LogP contribution >= 0.6 is 0 Å². The van der Waals surface area contributed by atoms with Gasteiger partial charge >= 0.3 is 0 Å². The van der Waals surface area contributed by atoms with E-state index in [4.69, 9.17) is 5.73 Å². The summed E-state index contributed by atoms with van der Waals surface area (Å²) in [6, 6.07) is 0.275. The van der Waals surface area contributed by atoms with Gasteiger partial charge in [0.1, 0.15) is 0 Å². The number of nitrogens with zero attached hydrogens (tertiary/aromatic N) is 2. The molecular weight excluding hydrogens is 270 g/mol. The van der Waals surface area contributed by atoms with Gasteiger partial charge in [0.15, 0.2) is 10.8 Å². The molecule has 1 saturated carbocycles. The van der Waals surface area contributed by atoms with E-state index in [1.807, 2.05) is 0 Å². The first-order valence-corrected chi connectivity index (χ1v) is 7.44. The van der Waals surface area contributed by atoms with Gasteiger partial charge in [0.05, 0.1) is 6.33 Å². The van der Waals surface area contributed by atoms with Gasteiger partial charge in [-0.1, -0.05) is 0 Å². The Balaban J connectivity index is 1.89. The first kappa shape index (κ1) is 13.8. The van der Waals surface area contributed by atoms with Crippen LogP contribution in [0.15, 0.2) is 11.4 Å². The maximum atomic E-state index is 12.0. The molecule has 19 heavy (non-hydrogen) atoms. The number of nitrogens with one attached hydrogen (secondary N) is 2. The van der Waals surface area contributed by atoms with Gasteiger partial charge < -0.3 is 15.6 Å². The Labute approximate surface area is 111 Å². The van der Waals surface area contributed by atoms with Crippen LogP contribution in [0.4, 0.5) is 5.82 Å². The topological polar surface area (TPSA) is 119 Å². The predicted octanol–water partition coefficient (Wildman–Crippen LogP) is -1.05. The van der Waals surface area contributed by atoms with E-state index in [2.05, 4.69) is 15.0 Å². The average molecular weight is 287 g/mol. The van der Waals surface area contributed by atoms with E-state index in [1.54, 1.807) is 0 Å². The van der Waals surface area contributed by atoms with Crippen LogP contribution in [0.2, 0.25) is 0 Å². The van der Waals surface area contributed by atoms with Gasteiger partial charge in [-0.2, -0.15) is 0 Å². The number of hydrogen-bond acceptors (Lipinski definition) is 5. The Bertz CT molecular complexity index is 556. The van der Waals surface area contributed by atoms with Crippen LogP contribution < -0.4 is 15.8 Å². The Kier molecular flexibility index (Phi) is 3.76. The number of sulfonamides is 1. The highest BCUT2D eigenvalue weighted by atomic mass is 32.2. The molecule has 4 N–H and O–H groups in total. The minimum Gasteiger partial charge on any atom is -0.381 e. The Hall–Kier alpha value is -1.61. The molecule has 1 aromatic heterocycles. The Morgan fingerprint density at radius 1 is 1.58 bits per heavy atom. The summed E-state index contributed by atoms with van der Waals surface area (Å²) in [5.41, 5.74) is 5.50. The summed E-state index contributed by atoms with van der Waals surface area (Å²) in [5, 5.41) is 2.69. The highest BCUT2D eigenvalue weighted by Crippen LogP contribution is 2.18. The van der Waals surface area contributed by atoms with E-state index >= 15 is 0 Å². The van der Waals surface area contributed by atoms with Crippen LogP contribution in [0.25, 0.3) is 0 Å². The minimum absolute atomic E-state index is 0.0332. The molecule has 0 spiro atoms. The second-order valence-corrected chi connectivity index (χ2v) is 6.22. The fourth-order valence-electron chi connectivity index (χ4n) is 1.66. The van der Waals surface area contributed by atoms with Gasteiger partial charge in [-0.15, -0.1) is 0 Å². The number of amides is 1. The monoisotopic (exact) mass is 287 g/mol. The second-order valence-electron chi connectivity index (χ2n) is 4.54. The molecule has 0 bridgehead atoms. The van der Waals surface area contributed by atoms with Crippen molar-refractivity contribution in [2.45, 2.75) is 30.3 Å². The van der Waals surface area contributed by atoms with Gasteiger partial charge in [0.2, 0.25) is 5.91 Å². The molecule has 8 nitrogen and oxygen atoms in total. The molecule has 106 valence electrons. The van der Waals surface area contributed by atoms with Gasteiger partial charge in [0, 0.05) is 26.1 Å². The molecule has 1 aliphatic rings. The lowest BCUT2D eigenvalue weighted by molar-refractivity contribution is -0.121. The molecule has 1 heterocycles. The molecule has 0 unspecified atom stereocenters. The maximum Gasteiger partial charge on any atom is 0.260 e. The quantitative estimate of drug-likeness (QED) is 0.617. The van der Waals surface area contributed by atoms with Crippen molar-refractivity contribution >= 4 is 21.7 Å². The molecule has 0 radical (unpaired) electrons. The molecule has 0 aromatic carbocycles. The number of hydrogen-bond donors (Lipinski definition) is 3. The fourth-order valence-corrected chi connectivity index (χ4v) is 2.92. The standard InChI is InChI=1S/C10H17N5O3S/c1-15-6-12-9(11)10(15)19(17,18)13-5-4-8(16)14-7-2-3-7/h6-7,13H,2-5,11H2,1H3,(H,14,16). The summed E-state index contributed by atoms with van der Waals surface area (Å²) in [5.74, 6) is -0.208. The number of imidazole rings is 1. The molecule has 0 aliphatic heterocycles. The molecule has 1 aliphatic carbocycles. The lowest BCUT2D eigenvalue weighted by Crippen LogP contribution is -2.32. The van der Waals surface area contributed by atoms with E-state index < -0.39 is 10.0 Å². The number of aryl methyl sites for hydroxylation is 1. The molecular formula is C10H17N5O3S. The molecule has 1 fully saturated rings. The number of rotatable bonds is 6. The van der Waals surface area contributed by atoms with Crippen LogP contribution in [0.3, 0.4) is 0 Å². The summed E-state index contributed by atoms with van der Waals surface area (Å²) >= 11 is 0. The Morgan fingerprint density at radius 3 is 2.79 bits per heavy atom. The fraction of sp³-hybridized carbons (Fsp3) is 0.600. The van der Waals surface area contributed by atoms with E-state index in [9.17, 15) is 13.2 Å². The molecule has 0 atom stereocenters. The van der Waals surface area contributed by atoms with Crippen molar-refractivity contribution in [1.82, 2.24) is 19.6 Å². The molecule has 1 aromatic rings. The van der Waals surface area contributed by atoms with Gasteiger partial charge in [0.25, 0.3) is 10.0 Å². The predicted molar refractivity (Wildman–Crippen MR) is 68.6 cm³/mol. The zero-order valence-corrected chi connectivity index (χ0v) is 11.4. The number of nitrogen functional groups attached to an aromatic ring is 1. The van der Waals surface area contributed by atoms with Crippen molar-refractivity contribution in [2.24, 2.45) is 7.05 Å². The van der Waals surface area contributed by atoms with Crippen molar-refractivity contribution < 1.29 is 13.2 Å².